The Kier molecular flexibility index (Phi) is 2.83. The lowest BCUT2D eigenvalue weighted by atomic mass is 9.70. The Morgan fingerprint density at radius 2 is 1.90 bits per heavy atom. The first-order valence-corrected chi connectivity index (χ1v) is 8.06. The highest BCUT2D eigenvalue weighted by molar-refractivity contribution is 7.91. The van der Waals surface area contributed by atoms with Crippen LogP contribution in [-0.4, -0.2) is 20.7 Å². The van der Waals surface area contributed by atoms with E-state index in [4.69, 9.17) is 0 Å². The molecule has 1 saturated carbocycles. The second kappa shape index (κ2) is 4.13. The van der Waals surface area contributed by atoms with Crippen LogP contribution in [0.15, 0.2) is 23.1 Å². The van der Waals surface area contributed by atoms with Gasteiger partial charge in [0, 0.05) is 12.0 Å². The number of alkyl halides is 3. The van der Waals surface area contributed by atoms with Crippen molar-refractivity contribution in [2.75, 3.05) is 17.6 Å². The van der Waals surface area contributed by atoms with Crippen LogP contribution in [0.5, 0.6) is 0 Å². The molecule has 0 amide bonds. The van der Waals surface area contributed by atoms with Crippen LogP contribution >= 0.6 is 0 Å². The number of anilines is 1. The molecule has 3 nitrogen and oxygen atoms in total. The molecular formula is C13H14F3NO2S. The average Bonchev–Trinajstić information content (AvgIpc) is 2.42. The van der Waals surface area contributed by atoms with Crippen molar-refractivity contribution in [3.63, 3.8) is 0 Å². The summed E-state index contributed by atoms with van der Waals surface area (Å²) in [5.74, 6) is -0.0681. The Balaban J connectivity index is 2.15. The summed E-state index contributed by atoms with van der Waals surface area (Å²) in [5, 5.41) is 2.75. The van der Waals surface area contributed by atoms with Crippen LogP contribution in [0.2, 0.25) is 0 Å². The number of hydrogen-bond acceptors (Lipinski definition) is 3. The summed E-state index contributed by atoms with van der Waals surface area (Å²) >= 11 is 0. The minimum absolute atomic E-state index is 0.0681. The van der Waals surface area contributed by atoms with Crippen LogP contribution in [0.4, 0.5) is 18.9 Å². The number of fused-ring (bicyclic) bond motifs is 1. The van der Waals surface area contributed by atoms with Gasteiger partial charge in [-0.05, 0) is 25.0 Å². The molecule has 20 heavy (non-hydrogen) atoms. The third-order valence-corrected chi connectivity index (χ3v) is 6.22. The van der Waals surface area contributed by atoms with Crippen LogP contribution in [0.1, 0.15) is 24.8 Å². The van der Waals surface area contributed by atoms with Crippen LogP contribution in [0.25, 0.3) is 0 Å². The number of hydrogen-bond donors (Lipinski definition) is 1. The van der Waals surface area contributed by atoms with E-state index in [0.717, 1.165) is 31.4 Å². The van der Waals surface area contributed by atoms with E-state index in [2.05, 4.69) is 5.32 Å². The van der Waals surface area contributed by atoms with E-state index in [0.29, 0.717) is 0 Å². The van der Waals surface area contributed by atoms with Gasteiger partial charge < -0.3 is 5.32 Å². The van der Waals surface area contributed by atoms with Crippen molar-refractivity contribution in [3.8, 4) is 0 Å². The van der Waals surface area contributed by atoms with Crippen molar-refractivity contribution < 1.29 is 21.6 Å². The first-order chi connectivity index (χ1) is 9.24. The molecule has 1 fully saturated rings. The fourth-order valence-electron chi connectivity index (χ4n) is 3.01. The van der Waals surface area contributed by atoms with E-state index >= 15 is 0 Å². The molecule has 3 rings (SSSR count). The fourth-order valence-corrected chi connectivity index (χ4v) is 5.15. The van der Waals surface area contributed by atoms with Gasteiger partial charge in [-0.1, -0.05) is 12.5 Å². The minimum Gasteiger partial charge on any atom is -0.383 e. The lowest BCUT2D eigenvalue weighted by Crippen LogP contribution is -2.40. The molecule has 0 aromatic heterocycles. The first kappa shape index (κ1) is 13.7. The minimum atomic E-state index is -4.56. The average molecular weight is 305 g/mol. The molecule has 1 aromatic carbocycles. The smallest absolute Gasteiger partial charge is 0.383 e. The summed E-state index contributed by atoms with van der Waals surface area (Å²) in [4.78, 5) is -0.226. The maximum atomic E-state index is 13.0. The van der Waals surface area contributed by atoms with E-state index in [9.17, 15) is 21.6 Å². The van der Waals surface area contributed by atoms with Gasteiger partial charge >= 0.3 is 6.18 Å². The van der Waals surface area contributed by atoms with E-state index in [1.807, 2.05) is 0 Å². The molecule has 1 N–H and O–H groups in total. The topological polar surface area (TPSA) is 46.2 Å². The van der Waals surface area contributed by atoms with Crippen molar-refractivity contribution in [3.05, 3.63) is 23.8 Å². The second-order valence-electron chi connectivity index (χ2n) is 5.64. The maximum absolute atomic E-state index is 13.0. The molecule has 7 heteroatoms. The number of benzene rings is 1. The van der Waals surface area contributed by atoms with Gasteiger partial charge in [0.15, 0.2) is 9.84 Å². The summed E-state index contributed by atoms with van der Waals surface area (Å²) in [5.41, 5.74) is -1.60. The Hall–Kier alpha value is -1.24. The van der Waals surface area contributed by atoms with Crippen molar-refractivity contribution in [2.45, 2.75) is 30.3 Å². The second-order valence-corrected chi connectivity index (χ2v) is 7.60. The molecule has 1 aliphatic carbocycles. The maximum Gasteiger partial charge on any atom is 0.418 e. The summed E-state index contributed by atoms with van der Waals surface area (Å²) in [6.07, 6.45) is -2.15. The molecule has 1 aliphatic heterocycles. The number of nitrogens with one attached hydrogen (secondary N) is 1. The van der Waals surface area contributed by atoms with Gasteiger partial charge in [0.05, 0.1) is 21.9 Å². The molecule has 1 heterocycles. The van der Waals surface area contributed by atoms with Crippen LogP contribution in [0.3, 0.4) is 0 Å². The standard InChI is InChI=1S/C13H14F3NO2S/c14-13(15,16)9-3-1-4-10-11(9)17-7-12(5-2-6-12)8-20(10,18)19/h1,3-4,17H,2,5-8H2. The van der Waals surface area contributed by atoms with Gasteiger partial charge in [0.1, 0.15) is 0 Å². The fraction of sp³-hybridized carbons (Fsp3) is 0.538. The summed E-state index contributed by atoms with van der Waals surface area (Å²) < 4.78 is 63.8. The molecular weight excluding hydrogens is 291 g/mol. The molecule has 1 aromatic rings. The predicted octanol–water partition coefficient (Wildman–Crippen LogP) is 3.07. The third kappa shape index (κ3) is 2.08. The Morgan fingerprint density at radius 3 is 2.45 bits per heavy atom. The van der Waals surface area contributed by atoms with E-state index < -0.39 is 27.0 Å². The normalized spacial score (nSPS) is 23.4. The van der Waals surface area contributed by atoms with E-state index in [1.165, 1.54) is 6.07 Å². The van der Waals surface area contributed by atoms with Crippen LogP contribution < -0.4 is 5.32 Å². The Morgan fingerprint density at radius 1 is 1.20 bits per heavy atom. The highest BCUT2D eigenvalue weighted by Gasteiger charge is 2.46. The van der Waals surface area contributed by atoms with Crippen molar-refractivity contribution in [1.29, 1.82) is 0 Å². The Bertz CT molecular complexity index is 648. The molecule has 0 radical (unpaired) electrons. The van der Waals surface area contributed by atoms with Crippen LogP contribution in [-0.2, 0) is 16.0 Å². The number of rotatable bonds is 0. The van der Waals surface area contributed by atoms with Crippen molar-refractivity contribution in [1.82, 2.24) is 0 Å². The van der Waals surface area contributed by atoms with Gasteiger partial charge in [-0.25, -0.2) is 8.42 Å². The molecule has 0 bridgehead atoms. The SMILES string of the molecule is O=S1(=O)CC2(CCC2)CNc2c(C(F)(F)F)cccc21. The summed E-state index contributed by atoms with van der Waals surface area (Å²) in [6.45, 7) is 0.284. The summed E-state index contributed by atoms with van der Waals surface area (Å²) in [6, 6.07) is 3.32. The van der Waals surface area contributed by atoms with Gasteiger partial charge in [0.2, 0.25) is 0 Å². The Labute approximate surface area is 115 Å². The van der Waals surface area contributed by atoms with Gasteiger partial charge in [0.25, 0.3) is 0 Å². The lowest BCUT2D eigenvalue weighted by molar-refractivity contribution is -0.137. The van der Waals surface area contributed by atoms with Gasteiger partial charge in [-0.15, -0.1) is 0 Å². The molecule has 0 unspecified atom stereocenters. The molecule has 110 valence electrons. The van der Waals surface area contributed by atoms with E-state index in [1.54, 1.807) is 0 Å². The number of para-hydroxylation sites is 1. The van der Waals surface area contributed by atoms with Gasteiger partial charge in [-0.2, -0.15) is 13.2 Å². The monoisotopic (exact) mass is 305 g/mol. The van der Waals surface area contributed by atoms with Crippen molar-refractivity contribution in [2.24, 2.45) is 5.41 Å². The van der Waals surface area contributed by atoms with E-state index in [-0.39, 0.29) is 22.9 Å². The zero-order valence-electron chi connectivity index (χ0n) is 10.6. The number of sulfone groups is 1. The zero-order valence-corrected chi connectivity index (χ0v) is 11.4. The van der Waals surface area contributed by atoms with Crippen molar-refractivity contribution >= 4 is 15.5 Å². The molecule has 2 aliphatic rings. The summed E-state index contributed by atoms with van der Waals surface area (Å²) in [7, 11) is -3.69. The third-order valence-electron chi connectivity index (χ3n) is 4.22. The molecule has 0 atom stereocenters. The highest BCUT2D eigenvalue weighted by atomic mass is 32.2. The lowest BCUT2D eigenvalue weighted by Gasteiger charge is -2.40. The quantitative estimate of drug-likeness (QED) is 0.801. The zero-order chi connectivity index (χ0) is 14.6. The first-order valence-electron chi connectivity index (χ1n) is 6.40. The van der Waals surface area contributed by atoms with Gasteiger partial charge in [-0.3, -0.25) is 0 Å². The largest absolute Gasteiger partial charge is 0.418 e. The van der Waals surface area contributed by atoms with Crippen LogP contribution in [0, 0.1) is 5.41 Å². The molecule has 0 saturated heterocycles. The molecule has 1 spiro atoms. The highest BCUT2D eigenvalue weighted by Crippen LogP contribution is 2.48. The predicted molar refractivity (Wildman–Crippen MR) is 68.3 cm³/mol. The number of halogens is 3.